The summed E-state index contributed by atoms with van der Waals surface area (Å²) in [5.41, 5.74) is 0. The maximum absolute atomic E-state index is 10.9. The van der Waals surface area contributed by atoms with Gasteiger partial charge in [-0.3, -0.25) is 0 Å². The predicted octanol–water partition coefficient (Wildman–Crippen LogP) is 0.559. The minimum Gasteiger partial charge on any atom is -0.480 e. The highest BCUT2D eigenvalue weighted by molar-refractivity contribution is 5.71. The molecule has 7 nitrogen and oxygen atoms in total. The van der Waals surface area contributed by atoms with Crippen molar-refractivity contribution in [3.63, 3.8) is 0 Å². The van der Waals surface area contributed by atoms with Gasteiger partial charge in [0.2, 0.25) is 0 Å². The van der Waals surface area contributed by atoms with Crippen molar-refractivity contribution in [1.29, 1.82) is 0 Å². The largest absolute Gasteiger partial charge is 0.480 e. The van der Waals surface area contributed by atoms with Gasteiger partial charge < -0.3 is 9.84 Å². The van der Waals surface area contributed by atoms with E-state index < -0.39 is 12.0 Å². The maximum atomic E-state index is 10.9. The third-order valence-corrected chi connectivity index (χ3v) is 2.76. The van der Waals surface area contributed by atoms with E-state index in [0.29, 0.717) is 5.82 Å². The van der Waals surface area contributed by atoms with Gasteiger partial charge in [-0.2, -0.15) is 0 Å². The monoisotopic (exact) mass is 226 g/mol. The van der Waals surface area contributed by atoms with Gasteiger partial charge in [0.1, 0.15) is 6.10 Å². The lowest BCUT2D eigenvalue weighted by Gasteiger charge is -2.13. The summed E-state index contributed by atoms with van der Waals surface area (Å²) < 4.78 is 6.93. The lowest BCUT2D eigenvalue weighted by Crippen LogP contribution is -2.21. The summed E-state index contributed by atoms with van der Waals surface area (Å²) in [5.74, 6) is -0.459. The van der Waals surface area contributed by atoms with E-state index in [2.05, 4.69) is 15.5 Å². The fourth-order valence-electron chi connectivity index (χ4n) is 1.79. The number of carboxylic acids is 1. The molecule has 1 saturated heterocycles. The molecule has 88 valence electrons. The van der Waals surface area contributed by atoms with Crippen LogP contribution in [0.2, 0.25) is 0 Å². The normalized spacial score (nSPS) is 26.9. The molecule has 3 atom stereocenters. The molecular weight excluding hydrogens is 212 g/mol. The van der Waals surface area contributed by atoms with Gasteiger partial charge in [0, 0.05) is 0 Å². The standard InChI is InChI=1S/C9H14N4O3/c1-5-3-4-7(16-5)8-10-11-12-13(8)6(2)9(14)15/h5-7H,3-4H2,1-2H3,(H,14,15). The molecular formula is C9H14N4O3. The van der Waals surface area contributed by atoms with E-state index in [-0.39, 0.29) is 12.2 Å². The Morgan fingerprint density at radius 1 is 1.62 bits per heavy atom. The average molecular weight is 226 g/mol. The highest BCUT2D eigenvalue weighted by atomic mass is 16.5. The van der Waals surface area contributed by atoms with Crippen molar-refractivity contribution >= 4 is 5.97 Å². The molecule has 0 saturated carbocycles. The first kappa shape index (κ1) is 11.0. The molecule has 0 bridgehead atoms. The van der Waals surface area contributed by atoms with Gasteiger partial charge in [-0.25, -0.2) is 9.48 Å². The Kier molecular flexibility index (Phi) is 2.86. The van der Waals surface area contributed by atoms with Crippen LogP contribution in [0.3, 0.4) is 0 Å². The number of nitrogens with zero attached hydrogens (tertiary/aromatic N) is 4. The Morgan fingerprint density at radius 3 is 2.94 bits per heavy atom. The molecule has 1 aliphatic rings. The summed E-state index contributed by atoms with van der Waals surface area (Å²) >= 11 is 0. The number of carbonyl (C=O) groups is 1. The quantitative estimate of drug-likeness (QED) is 0.809. The van der Waals surface area contributed by atoms with Crippen LogP contribution in [0.1, 0.15) is 44.7 Å². The van der Waals surface area contributed by atoms with Crippen LogP contribution in [0.25, 0.3) is 0 Å². The van der Waals surface area contributed by atoms with E-state index in [1.54, 1.807) is 6.92 Å². The minimum absolute atomic E-state index is 0.176. The van der Waals surface area contributed by atoms with Crippen LogP contribution < -0.4 is 0 Å². The van der Waals surface area contributed by atoms with Crippen molar-refractivity contribution < 1.29 is 14.6 Å². The maximum Gasteiger partial charge on any atom is 0.328 e. The van der Waals surface area contributed by atoms with Gasteiger partial charge in [-0.15, -0.1) is 5.10 Å². The van der Waals surface area contributed by atoms with E-state index in [1.165, 1.54) is 4.68 Å². The topological polar surface area (TPSA) is 90.1 Å². The van der Waals surface area contributed by atoms with Crippen molar-refractivity contribution in [1.82, 2.24) is 20.2 Å². The van der Waals surface area contributed by atoms with Crippen molar-refractivity contribution in [2.75, 3.05) is 0 Å². The molecule has 0 radical (unpaired) electrons. The predicted molar refractivity (Wildman–Crippen MR) is 52.7 cm³/mol. The summed E-state index contributed by atoms with van der Waals surface area (Å²) in [7, 11) is 0. The van der Waals surface area contributed by atoms with Crippen molar-refractivity contribution in [3.05, 3.63) is 5.82 Å². The first-order chi connectivity index (χ1) is 7.59. The van der Waals surface area contributed by atoms with E-state index in [1.807, 2.05) is 6.92 Å². The highest BCUT2D eigenvalue weighted by Gasteiger charge is 2.30. The molecule has 1 aromatic rings. The molecule has 7 heteroatoms. The lowest BCUT2D eigenvalue weighted by atomic mass is 10.2. The number of tetrazole rings is 1. The average Bonchev–Trinajstić information content (AvgIpc) is 2.83. The summed E-state index contributed by atoms with van der Waals surface area (Å²) in [4.78, 5) is 10.9. The van der Waals surface area contributed by atoms with Crippen LogP contribution in [0, 0.1) is 0 Å². The lowest BCUT2D eigenvalue weighted by molar-refractivity contribution is -0.140. The molecule has 1 aliphatic heterocycles. The zero-order valence-corrected chi connectivity index (χ0v) is 9.20. The van der Waals surface area contributed by atoms with Crippen molar-refractivity contribution in [3.8, 4) is 0 Å². The van der Waals surface area contributed by atoms with Crippen molar-refractivity contribution in [2.24, 2.45) is 0 Å². The van der Waals surface area contributed by atoms with E-state index in [9.17, 15) is 4.79 Å². The Bertz CT molecular complexity index is 392. The number of aliphatic carboxylic acids is 1. The number of hydrogen-bond donors (Lipinski definition) is 1. The molecule has 1 N–H and O–H groups in total. The fourth-order valence-corrected chi connectivity index (χ4v) is 1.79. The molecule has 3 unspecified atom stereocenters. The molecule has 0 spiro atoms. The number of ether oxygens (including phenoxy) is 1. The third-order valence-electron chi connectivity index (χ3n) is 2.76. The summed E-state index contributed by atoms with van der Waals surface area (Å²) in [6.07, 6.45) is 1.76. The van der Waals surface area contributed by atoms with Crippen LogP contribution in [0.5, 0.6) is 0 Å². The summed E-state index contributed by atoms with van der Waals surface area (Å²) in [6, 6.07) is -0.774. The number of aromatic nitrogens is 4. The van der Waals surface area contributed by atoms with E-state index >= 15 is 0 Å². The minimum atomic E-state index is -0.959. The van der Waals surface area contributed by atoms with Gasteiger partial charge in [0.15, 0.2) is 11.9 Å². The first-order valence-electron chi connectivity index (χ1n) is 5.25. The van der Waals surface area contributed by atoms with Crippen molar-refractivity contribution in [2.45, 2.75) is 44.9 Å². The number of carboxylic acid groups (broad SMARTS) is 1. The van der Waals surface area contributed by atoms with E-state index in [4.69, 9.17) is 9.84 Å². The van der Waals surface area contributed by atoms with E-state index in [0.717, 1.165) is 12.8 Å². The number of hydrogen-bond acceptors (Lipinski definition) is 5. The Hall–Kier alpha value is -1.50. The second-order valence-corrected chi connectivity index (χ2v) is 4.01. The molecule has 0 amide bonds. The van der Waals surface area contributed by atoms with Gasteiger partial charge >= 0.3 is 5.97 Å². The molecule has 2 heterocycles. The van der Waals surface area contributed by atoms with Crippen LogP contribution in [0.15, 0.2) is 0 Å². The molecule has 1 fully saturated rings. The second kappa shape index (κ2) is 4.17. The SMILES string of the molecule is CC1CCC(c2nnnn2C(C)C(=O)O)O1. The zero-order chi connectivity index (χ0) is 11.7. The molecule has 1 aromatic heterocycles. The summed E-state index contributed by atoms with van der Waals surface area (Å²) in [6.45, 7) is 3.52. The Morgan fingerprint density at radius 2 is 2.38 bits per heavy atom. The zero-order valence-electron chi connectivity index (χ0n) is 9.20. The van der Waals surface area contributed by atoms with Crippen LogP contribution in [0.4, 0.5) is 0 Å². The third kappa shape index (κ3) is 1.90. The Balaban J connectivity index is 2.22. The molecule has 0 aromatic carbocycles. The smallest absolute Gasteiger partial charge is 0.328 e. The van der Waals surface area contributed by atoms with Crippen LogP contribution in [-0.2, 0) is 9.53 Å². The van der Waals surface area contributed by atoms with Gasteiger partial charge in [0.25, 0.3) is 0 Å². The molecule has 0 aliphatic carbocycles. The number of rotatable bonds is 3. The molecule has 2 rings (SSSR count). The summed E-state index contributed by atoms with van der Waals surface area (Å²) in [5, 5.41) is 20.0. The van der Waals surface area contributed by atoms with Gasteiger partial charge in [-0.1, -0.05) is 0 Å². The van der Waals surface area contributed by atoms with Crippen LogP contribution >= 0.6 is 0 Å². The first-order valence-corrected chi connectivity index (χ1v) is 5.25. The van der Waals surface area contributed by atoms with Gasteiger partial charge in [0.05, 0.1) is 6.10 Å². The fraction of sp³-hybridized carbons (Fsp3) is 0.778. The van der Waals surface area contributed by atoms with Gasteiger partial charge in [-0.05, 0) is 37.1 Å². The Labute approximate surface area is 92.4 Å². The second-order valence-electron chi connectivity index (χ2n) is 4.01. The molecule has 16 heavy (non-hydrogen) atoms. The van der Waals surface area contributed by atoms with Crippen LogP contribution in [-0.4, -0.2) is 37.4 Å². The highest BCUT2D eigenvalue weighted by Crippen LogP contribution is 2.31.